The van der Waals surface area contributed by atoms with Gasteiger partial charge in [-0.3, -0.25) is 14.5 Å². The molecule has 5 N–H and O–H groups in total. The van der Waals surface area contributed by atoms with E-state index in [-0.39, 0.29) is 0 Å². The predicted molar refractivity (Wildman–Crippen MR) is 124 cm³/mol. The number of carbonyl (C=O) groups is 3. The molecule has 0 unspecified atom stereocenters. The number of carboxylic acids is 3. The Balaban J connectivity index is 0.000000302. The van der Waals surface area contributed by atoms with Crippen LogP contribution in [0.2, 0.25) is 0 Å². The van der Waals surface area contributed by atoms with Crippen molar-refractivity contribution >= 4 is 23.9 Å². The second-order valence-corrected chi connectivity index (χ2v) is 7.88. The summed E-state index contributed by atoms with van der Waals surface area (Å²) in [5.74, 6) is -1.63. The van der Waals surface area contributed by atoms with E-state index < -0.39 is 36.4 Å². The number of aliphatic carboxylic acids is 3. The number of hydrogen-bond acceptors (Lipinski definition) is 10. The molecule has 0 aliphatic heterocycles. The van der Waals surface area contributed by atoms with E-state index in [0.717, 1.165) is 22.8 Å². The van der Waals surface area contributed by atoms with Crippen molar-refractivity contribution in [1.82, 2.24) is 14.9 Å². The normalized spacial score (nSPS) is 11.0. The SMILES string of the molecule is CNc1ncc(CN(Cc2ccco2)Cc2ccc(C)o2)cn1.O=C(O)CC(O)(CC(=O)O)C(=O)O. The number of aromatic nitrogens is 2. The standard InChI is InChI=1S/C17H20N4O2.C6H8O7/c1-13-5-6-16(23-13)12-21(11-15-4-3-7-22-15)10-14-8-19-17(18-2)20-9-14;7-3(8)1-6(13,5(11)12)2-4(9)10/h3-9H,10-12H2,1-2H3,(H,18,19,20);13H,1-2H2,(H,7,8)(H,9,10)(H,11,12). The Kier molecular flexibility index (Phi) is 10.1. The average molecular weight is 504 g/mol. The van der Waals surface area contributed by atoms with E-state index in [9.17, 15) is 14.4 Å². The minimum absolute atomic E-state index is 0.619. The summed E-state index contributed by atoms with van der Waals surface area (Å²) in [6.07, 6.45) is 3.07. The van der Waals surface area contributed by atoms with Crippen LogP contribution in [0.3, 0.4) is 0 Å². The molecule has 0 radical (unpaired) electrons. The molecule has 0 saturated carbocycles. The molecule has 36 heavy (non-hydrogen) atoms. The summed E-state index contributed by atoms with van der Waals surface area (Å²) in [4.78, 5) is 41.2. The van der Waals surface area contributed by atoms with Crippen molar-refractivity contribution in [2.75, 3.05) is 12.4 Å². The molecule has 0 amide bonds. The van der Waals surface area contributed by atoms with Crippen LogP contribution in [0, 0.1) is 6.92 Å². The molecule has 3 heterocycles. The second-order valence-electron chi connectivity index (χ2n) is 7.88. The van der Waals surface area contributed by atoms with Crippen molar-refractivity contribution in [3.63, 3.8) is 0 Å². The van der Waals surface area contributed by atoms with Crippen molar-refractivity contribution in [1.29, 1.82) is 0 Å². The van der Waals surface area contributed by atoms with Gasteiger partial charge in [-0.1, -0.05) is 0 Å². The van der Waals surface area contributed by atoms with Crippen LogP contribution in [0.15, 0.2) is 51.8 Å². The number of nitrogens with one attached hydrogen (secondary N) is 1. The Morgan fingerprint density at radius 3 is 2.03 bits per heavy atom. The van der Waals surface area contributed by atoms with Gasteiger partial charge in [-0.2, -0.15) is 0 Å². The van der Waals surface area contributed by atoms with E-state index in [1.165, 1.54) is 0 Å². The fourth-order valence-electron chi connectivity index (χ4n) is 3.12. The van der Waals surface area contributed by atoms with Crippen LogP contribution < -0.4 is 5.32 Å². The molecule has 0 aromatic carbocycles. The summed E-state index contributed by atoms with van der Waals surface area (Å²) >= 11 is 0. The molecule has 0 aliphatic carbocycles. The van der Waals surface area contributed by atoms with E-state index >= 15 is 0 Å². The summed E-state index contributed by atoms with van der Waals surface area (Å²) in [6.45, 7) is 4.05. The minimum atomic E-state index is -2.74. The summed E-state index contributed by atoms with van der Waals surface area (Å²) in [7, 11) is 1.80. The first-order chi connectivity index (χ1) is 17.0. The number of rotatable bonds is 12. The topological polar surface area (TPSA) is 199 Å². The van der Waals surface area contributed by atoms with Gasteiger partial charge in [0, 0.05) is 31.5 Å². The van der Waals surface area contributed by atoms with Crippen LogP contribution >= 0.6 is 0 Å². The smallest absolute Gasteiger partial charge is 0.336 e. The van der Waals surface area contributed by atoms with Crippen LogP contribution in [0.1, 0.15) is 35.7 Å². The van der Waals surface area contributed by atoms with Gasteiger partial charge in [-0.15, -0.1) is 0 Å². The molecule has 0 aliphatic rings. The lowest BCUT2D eigenvalue weighted by Crippen LogP contribution is -2.42. The molecular formula is C23H28N4O9. The number of aliphatic hydroxyl groups is 1. The van der Waals surface area contributed by atoms with Crippen molar-refractivity contribution in [3.8, 4) is 0 Å². The maximum atomic E-state index is 10.3. The summed E-state index contributed by atoms with van der Waals surface area (Å²) in [5, 5.41) is 36.7. The minimum Gasteiger partial charge on any atom is -0.481 e. The Bertz CT molecular complexity index is 1110. The van der Waals surface area contributed by atoms with Gasteiger partial charge in [-0.05, 0) is 31.2 Å². The molecule has 3 aromatic heterocycles. The predicted octanol–water partition coefficient (Wildman–Crippen LogP) is 1.97. The molecule has 13 heteroatoms. The lowest BCUT2D eigenvalue weighted by molar-refractivity contribution is -0.170. The van der Waals surface area contributed by atoms with Gasteiger partial charge < -0.3 is 34.6 Å². The Hall–Kier alpha value is -4.23. The van der Waals surface area contributed by atoms with E-state index in [1.807, 2.05) is 43.6 Å². The molecule has 194 valence electrons. The highest BCUT2D eigenvalue weighted by Gasteiger charge is 2.40. The summed E-state index contributed by atoms with van der Waals surface area (Å²) in [6, 6.07) is 7.85. The van der Waals surface area contributed by atoms with Crippen molar-refractivity contribution in [3.05, 3.63) is 65.8 Å². The molecule has 13 nitrogen and oxygen atoms in total. The van der Waals surface area contributed by atoms with Crippen LogP contribution in [-0.4, -0.2) is 65.9 Å². The zero-order chi connectivity index (χ0) is 26.7. The quantitative estimate of drug-likeness (QED) is 0.240. The maximum absolute atomic E-state index is 10.3. The number of furan rings is 2. The van der Waals surface area contributed by atoms with Gasteiger partial charge in [0.25, 0.3) is 0 Å². The van der Waals surface area contributed by atoms with E-state index in [0.29, 0.717) is 25.6 Å². The van der Waals surface area contributed by atoms with Gasteiger partial charge in [0.05, 0.1) is 32.2 Å². The zero-order valence-corrected chi connectivity index (χ0v) is 19.7. The molecule has 0 saturated heterocycles. The molecule has 0 spiro atoms. The highest BCUT2D eigenvalue weighted by atomic mass is 16.4. The third kappa shape index (κ3) is 9.19. The van der Waals surface area contributed by atoms with Gasteiger partial charge in [0.2, 0.25) is 5.95 Å². The molecule has 0 atom stereocenters. The molecule has 3 rings (SSSR count). The lowest BCUT2D eigenvalue weighted by atomic mass is 9.96. The highest BCUT2D eigenvalue weighted by Crippen LogP contribution is 2.17. The molecule has 0 bridgehead atoms. The molecular weight excluding hydrogens is 476 g/mol. The van der Waals surface area contributed by atoms with Crippen LogP contribution in [-0.2, 0) is 34.0 Å². The second kappa shape index (κ2) is 13.0. The third-order valence-electron chi connectivity index (χ3n) is 4.76. The summed E-state index contributed by atoms with van der Waals surface area (Å²) in [5.41, 5.74) is -1.70. The molecule has 3 aromatic rings. The van der Waals surface area contributed by atoms with Gasteiger partial charge in [-0.25, -0.2) is 14.8 Å². The number of nitrogens with zero attached hydrogens (tertiary/aromatic N) is 3. The van der Waals surface area contributed by atoms with Crippen LogP contribution in [0.25, 0.3) is 0 Å². The van der Waals surface area contributed by atoms with Crippen LogP contribution in [0.5, 0.6) is 0 Å². The fourth-order valence-corrected chi connectivity index (χ4v) is 3.12. The Morgan fingerprint density at radius 1 is 0.972 bits per heavy atom. The number of anilines is 1. The average Bonchev–Trinajstić information content (AvgIpc) is 3.45. The van der Waals surface area contributed by atoms with E-state index in [1.54, 1.807) is 13.3 Å². The number of hydrogen-bond donors (Lipinski definition) is 5. The summed E-state index contributed by atoms with van der Waals surface area (Å²) < 4.78 is 11.2. The Morgan fingerprint density at radius 2 is 1.58 bits per heavy atom. The first-order valence-electron chi connectivity index (χ1n) is 10.7. The number of carboxylic acid groups (broad SMARTS) is 3. The first-order valence-corrected chi connectivity index (χ1v) is 10.7. The van der Waals surface area contributed by atoms with Crippen molar-refractivity contribution in [2.24, 2.45) is 0 Å². The van der Waals surface area contributed by atoms with Gasteiger partial charge in [0.15, 0.2) is 5.60 Å². The van der Waals surface area contributed by atoms with E-state index in [4.69, 9.17) is 29.3 Å². The maximum Gasteiger partial charge on any atom is 0.336 e. The van der Waals surface area contributed by atoms with E-state index in [2.05, 4.69) is 20.2 Å². The zero-order valence-electron chi connectivity index (χ0n) is 19.7. The third-order valence-corrected chi connectivity index (χ3v) is 4.76. The van der Waals surface area contributed by atoms with Crippen molar-refractivity contribution < 1.29 is 43.6 Å². The first kappa shape index (κ1) is 28.0. The Labute approximate surface area is 206 Å². The van der Waals surface area contributed by atoms with Gasteiger partial charge >= 0.3 is 17.9 Å². The lowest BCUT2D eigenvalue weighted by Gasteiger charge is -2.20. The highest BCUT2D eigenvalue weighted by molar-refractivity contribution is 5.88. The van der Waals surface area contributed by atoms with Crippen LogP contribution in [0.4, 0.5) is 5.95 Å². The fraction of sp³-hybridized carbons (Fsp3) is 0.348. The largest absolute Gasteiger partial charge is 0.481 e. The van der Waals surface area contributed by atoms with Crippen molar-refractivity contribution in [2.45, 2.75) is 45.0 Å². The van der Waals surface area contributed by atoms with Gasteiger partial charge in [0.1, 0.15) is 17.3 Å². The number of aryl methyl sites for hydroxylation is 1. The molecule has 0 fully saturated rings. The monoisotopic (exact) mass is 504 g/mol.